The van der Waals surface area contributed by atoms with Crippen LogP contribution < -0.4 is 0 Å². The maximum Gasteiger partial charge on any atom is 0.191 e. The summed E-state index contributed by atoms with van der Waals surface area (Å²) in [5.41, 5.74) is 0. The third-order valence-electron chi connectivity index (χ3n) is 4.01. The molecule has 0 N–H and O–H groups in total. The summed E-state index contributed by atoms with van der Waals surface area (Å²) < 4.78 is 2.45. The molecule has 0 saturated heterocycles. The molecule has 0 aliphatic heterocycles. The monoisotopic (exact) mass is 297 g/mol. The smallest absolute Gasteiger partial charge is 0.191 e. The molecule has 1 heterocycles. The summed E-state index contributed by atoms with van der Waals surface area (Å²) in [6, 6.07) is 0.711. The zero-order valence-corrected chi connectivity index (χ0v) is 13.3. The SMILES string of the molecule is CC(CCS)CCSc1nnc(C2CC2)n1C1CC1. The molecule has 2 saturated carbocycles. The molecule has 2 aliphatic carbocycles. The van der Waals surface area contributed by atoms with E-state index in [1.54, 1.807) is 0 Å². The van der Waals surface area contributed by atoms with Gasteiger partial charge in [-0.05, 0) is 50.2 Å². The fraction of sp³-hybridized carbons (Fsp3) is 0.857. The lowest BCUT2D eigenvalue weighted by molar-refractivity contribution is 0.553. The van der Waals surface area contributed by atoms with Crippen molar-refractivity contribution in [1.29, 1.82) is 0 Å². The minimum atomic E-state index is 0.711. The van der Waals surface area contributed by atoms with Crippen molar-refractivity contribution in [3.8, 4) is 0 Å². The number of thioether (sulfide) groups is 1. The molecule has 0 aromatic carbocycles. The maximum atomic E-state index is 4.45. The largest absolute Gasteiger partial charge is 0.303 e. The molecular formula is C14H23N3S2. The predicted octanol–water partition coefficient (Wildman–Crippen LogP) is 3.93. The minimum Gasteiger partial charge on any atom is -0.303 e. The summed E-state index contributed by atoms with van der Waals surface area (Å²) in [4.78, 5) is 0. The molecule has 0 bridgehead atoms. The second-order valence-corrected chi connectivity index (χ2v) is 7.48. The third kappa shape index (κ3) is 3.48. The molecule has 3 rings (SSSR count). The number of nitrogens with zero attached hydrogens (tertiary/aromatic N) is 3. The topological polar surface area (TPSA) is 30.7 Å². The molecule has 1 unspecified atom stereocenters. The van der Waals surface area contributed by atoms with Crippen LogP contribution >= 0.6 is 24.4 Å². The van der Waals surface area contributed by atoms with Crippen LogP contribution in [0.25, 0.3) is 0 Å². The van der Waals surface area contributed by atoms with Crippen LogP contribution in [0.4, 0.5) is 0 Å². The molecular weight excluding hydrogens is 274 g/mol. The zero-order chi connectivity index (χ0) is 13.2. The Hall–Kier alpha value is -0.160. The van der Waals surface area contributed by atoms with Crippen molar-refractivity contribution in [2.45, 2.75) is 62.6 Å². The Bertz CT molecular complexity index is 424. The molecule has 2 aliphatic rings. The molecule has 1 aromatic rings. The van der Waals surface area contributed by atoms with Crippen LogP contribution in [0.15, 0.2) is 5.16 Å². The van der Waals surface area contributed by atoms with Gasteiger partial charge in [0.1, 0.15) is 5.82 Å². The predicted molar refractivity (Wildman–Crippen MR) is 83.2 cm³/mol. The van der Waals surface area contributed by atoms with Gasteiger partial charge in [0.25, 0.3) is 0 Å². The Labute approximate surface area is 125 Å². The third-order valence-corrected chi connectivity index (χ3v) is 5.24. The molecule has 19 heavy (non-hydrogen) atoms. The summed E-state index contributed by atoms with van der Waals surface area (Å²) in [6.07, 6.45) is 7.74. The van der Waals surface area contributed by atoms with Gasteiger partial charge in [0.05, 0.1) is 0 Å². The Kier molecular flexibility index (Phi) is 4.42. The average molecular weight is 297 g/mol. The number of hydrogen-bond acceptors (Lipinski definition) is 4. The van der Waals surface area contributed by atoms with Crippen molar-refractivity contribution < 1.29 is 0 Å². The van der Waals surface area contributed by atoms with Gasteiger partial charge in [-0.3, -0.25) is 0 Å². The second kappa shape index (κ2) is 6.08. The van der Waals surface area contributed by atoms with Crippen LogP contribution in [0.5, 0.6) is 0 Å². The summed E-state index contributed by atoms with van der Waals surface area (Å²) >= 11 is 6.20. The summed E-state index contributed by atoms with van der Waals surface area (Å²) in [5, 5.41) is 10.1. The van der Waals surface area contributed by atoms with Crippen LogP contribution in [-0.4, -0.2) is 26.3 Å². The van der Waals surface area contributed by atoms with E-state index in [0.717, 1.165) is 17.4 Å². The van der Waals surface area contributed by atoms with Gasteiger partial charge in [-0.1, -0.05) is 18.7 Å². The molecule has 3 nitrogen and oxygen atoms in total. The number of aromatic nitrogens is 3. The van der Waals surface area contributed by atoms with Crippen LogP contribution in [0.3, 0.4) is 0 Å². The van der Waals surface area contributed by atoms with E-state index in [0.29, 0.717) is 12.0 Å². The van der Waals surface area contributed by atoms with Gasteiger partial charge in [-0.2, -0.15) is 12.6 Å². The maximum absolute atomic E-state index is 4.45. The highest BCUT2D eigenvalue weighted by atomic mass is 32.2. The Morgan fingerprint density at radius 3 is 2.68 bits per heavy atom. The van der Waals surface area contributed by atoms with Gasteiger partial charge < -0.3 is 4.57 Å². The number of hydrogen-bond donors (Lipinski definition) is 1. The number of thiol groups is 1. The highest BCUT2D eigenvalue weighted by Gasteiger charge is 2.36. The van der Waals surface area contributed by atoms with E-state index in [9.17, 15) is 0 Å². The molecule has 0 spiro atoms. The molecule has 5 heteroatoms. The lowest BCUT2D eigenvalue weighted by Crippen LogP contribution is -2.03. The average Bonchev–Trinajstić information content (AvgIpc) is 3.29. The molecule has 0 amide bonds. The minimum absolute atomic E-state index is 0.711. The van der Waals surface area contributed by atoms with E-state index in [-0.39, 0.29) is 0 Å². The van der Waals surface area contributed by atoms with Gasteiger partial charge >= 0.3 is 0 Å². The van der Waals surface area contributed by atoms with Crippen LogP contribution in [-0.2, 0) is 0 Å². The first-order chi connectivity index (χ1) is 9.29. The van der Waals surface area contributed by atoms with Gasteiger partial charge in [-0.15, -0.1) is 10.2 Å². The Morgan fingerprint density at radius 2 is 2.05 bits per heavy atom. The summed E-state index contributed by atoms with van der Waals surface area (Å²) in [7, 11) is 0. The van der Waals surface area contributed by atoms with Gasteiger partial charge in [0.2, 0.25) is 0 Å². The summed E-state index contributed by atoms with van der Waals surface area (Å²) in [6.45, 7) is 2.32. The van der Waals surface area contributed by atoms with Crippen LogP contribution in [0, 0.1) is 5.92 Å². The van der Waals surface area contributed by atoms with Crippen molar-refractivity contribution in [2.24, 2.45) is 5.92 Å². The lowest BCUT2D eigenvalue weighted by atomic mass is 10.1. The molecule has 1 aromatic heterocycles. The summed E-state index contributed by atoms with van der Waals surface area (Å²) in [5.74, 6) is 4.91. The van der Waals surface area contributed by atoms with E-state index < -0.39 is 0 Å². The van der Waals surface area contributed by atoms with E-state index >= 15 is 0 Å². The first-order valence-electron chi connectivity index (χ1n) is 7.48. The highest BCUT2D eigenvalue weighted by molar-refractivity contribution is 7.99. The fourth-order valence-electron chi connectivity index (χ4n) is 2.40. The zero-order valence-electron chi connectivity index (χ0n) is 11.6. The molecule has 0 radical (unpaired) electrons. The van der Waals surface area contributed by atoms with Crippen molar-refractivity contribution in [3.63, 3.8) is 0 Å². The Balaban J connectivity index is 1.58. The quantitative estimate of drug-likeness (QED) is 0.582. The van der Waals surface area contributed by atoms with Gasteiger partial charge in [0, 0.05) is 17.7 Å². The second-order valence-electron chi connectivity index (χ2n) is 5.97. The van der Waals surface area contributed by atoms with Gasteiger partial charge in [0.15, 0.2) is 5.16 Å². The highest BCUT2D eigenvalue weighted by Crippen LogP contribution is 2.46. The molecule has 2 fully saturated rings. The normalized spacial score (nSPS) is 20.7. The van der Waals surface area contributed by atoms with Crippen molar-refractivity contribution in [2.75, 3.05) is 11.5 Å². The molecule has 106 valence electrons. The van der Waals surface area contributed by atoms with Crippen molar-refractivity contribution >= 4 is 24.4 Å². The van der Waals surface area contributed by atoms with Crippen LogP contribution in [0.2, 0.25) is 0 Å². The first kappa shape index (κ1) is 13.8. The number of rotatable bonds is 8. The van der Waals surface area contributed by atoms with E-state index in [1.807, 2.05) is 11.8 Å². The van der Waals surface area contributed by atoms with Gasteiger partial charge in [-0.25, -0.2) is 0 Å². The molecule has 1 atom stereocenters. The fourth-order valence-corrected chi connectivity index (χ4v) is 4.02. The van der Waals surface area contributed by atoms with Crippen LogP contribution in [0.1, 0.15) is 63.2 Å². The Morgan fingerprint density at radius 1 is 1.26 bits per heavy atom. The first-order valence-corrected chi connectivity index (χ1v) is 9.10. The standard InChI is InChI=1S/C14H23N3S2/c1-10(6-8-18)7-9-19-14-16-15-13(11-2-3-11)17(14)12-4-5-12/h10-12,18H,2-9H2,1H3. The van der Waals surface area contributed by atoms with Crippen molar-refractivity contribution in [1.82, 2.24) is 14.8 Å². The lowest BCUT2D eigenvalue weighted by Gasteiger charge is -2.10. The van der Waals surface area contributed by atoms with E-state index in [1.165, 1.54) is 49.5 Å². The van der Waals surface area contributed by atoms with E-state index in [2.05, 4.69) is 34.3 Å². The van der Waals surface area contributed by atoms with E-state index in [4.69, 9.17) is 0 Å². The van der Waals surface area contributed by atoms with Crippen molar-refractivity contribution in [3.05, 3.63) is 5.82 Å².